The Kier molecular flexibility index (Phi) is 2.44. The van der Waals surface area contributed by atoms with E-state index in [0.29, 0.717) is 6.42 Å². The van der Waals surface area contributed by atoms with Gasteiger partial charge in [0.15, 0.2) is 5.60 Å². The summed E-state index contributed by atoms with van der Waals surface area (Å²) in [5, 5.41) is 0. The molecule has 2 nitrogen and oxygen atoms in total. The van der Waals surface area contributed by atoms with Gasteiger partial charge >= 0.3 is 5.97 Å². The van der Waals surface area contributed by atoms with Crippen molar-refractivity contribution in [3.8, 4) is 0 Å². The molecule has 0 N–H and O–H groups in total. The largest absolute Gasteiger partial charge is 0.453 e. The molecule has 0 aliphatic carbocycles. The molecule has 0 spiro atoms. The number of halogens is 2. The van der Waals surface area contributed by atoms with Gasteiger partial charge in [0.25, 0.3) is 4.33 Å². The van der Waals surface area contributed by atoms with Crippen molar-refractivity contribution in [3.05, 3.63) is 35.9 Å². The number of hydrogen-bond acceptors (Lipinski definition) is 2. The van der Waals surface area contributed by atoms with Crippen LogP contribution in [0.2, 0.25) is 0 Å². The normalized spacial score (nSPS) is 28.1. The highest BCUT2D eigenvalue weighted by atomic mass is 35.5. The molecule has 0 saturated carbocycles. The van der Waals surface area contributed by atoms with Gasteiger partial charge in [-0.1, -0.05) is 53.5 Å². The first-order chi connectivity index (χ1) is 6.96. The molecule has 1 unspecified atom stereocenters. The van der Waals surface area contributed by atoms with Crippen molar-refractivity contribution < 1.29 is 9.53 Å². The lowest BCUT2D eigenvalue weighted by molar-refractivity contribution is -0.191. The standard InChI is InChI=1S/C11H10Cl2O2/c1-10(11(12,13)9(14)15-10)7-8-5-3-2-4-6-8/h2-6H,7H2,1H3. The number of alkyl halides is 2. The zero-order valence-corrected chi connectivity index (χ0v) is 9.68. The molecule has 2 rings (SSSR count). The monoisotopic (exact) mass is 244 g/mol. The van der Waals surface area contributed by atoms with Gasteiger partial charge < -0.3 is 4.74 Å². The SMILES string of the molecule is CC1(Cc2ccccc2)OC(=O)C1(Cl)Cl. The molecule has 0 aromatic heterocycles. The molecule has 15 heavy (non-hydrogen) atoms. The van der Waals surface area contributed by atoms with Crippen molar-refractivity contribution in [1.82, 2.24) is 0 Å². The summed E-state index contributed by atoms with van der Waals surface area (Å²) in [5.41, 5.74) is 0.215. The first-order valence-corrected chi connectivity index (χ1v) is 5.36. The van der Waals surface area contributed by atoms with Crippen LogP contribution < -0.4 is 0 Å². The van der Waals surface area contributed by atoms with E-state index in [-0.39, 0.29) is 0 Å². The van der Waals surface area contributed by atoms with Crippen LogP contribution in [0.25, 0.3) is 0 Å². The zero-order valence-electron chi connectivity index (χ0n) is 8.17. The van der Waals surface area contributed by atoms with Gasteiger partial charge in [-0.3, -0.25) is 0 Å². The smallest absolute Gasteiger partial charge is 0.347 e. The quantitative estimate of drug-likeness (QED) is 0.591. The summed E-state index contributed by atoms with van der Waals surface area (Å²) in [6.45, 7) is 1.74. The molecule has 1 heterocycles. The third-order valence-electron chi connectivity index (χ3n) is 2.62. The van der Waals surface area contributed by atoms with Crippen molar-refractivity contribution >= 4 is 29.2 Å². The third kappa shape index (κ3) is 1.62. The van der Waals surface area contributed by atoms with Gasteiger partial charge in [-0.25, -0.2) is 4.79 Å². The maximum Gasteiger partial charge on any atom is 0.347 e. The second-order valence-electron chi connectivity index (χ2n) is 3.86. The second-order valence-corrected chi connectivity index (χ2v) is 5.18. The third-order valence-corrected chi connectivity index (χ3v) is 3.73. The molecular formula is C11H10Cl2O2. The summed E-state index contributed by atoms with van der Waals surface area (Å²) >= 11 is 11.8. The van der Waals surface area contributed by atoms with E-state index >= 15 is 0 Å². The van der Waals surface area contributed by atoms with Crippen LogP contribution in [0, 0.1) is 0 Å². The highest BCUT2D eigenvalue weighted by molar-refractivity contribution is 6.60. The van der Waals surface area contributed by atoms with Crippen LogP contribution in [0.4, 0.5) is 0 Å². The summed E-state index contributed by atoms with van der Waals surface area (Å²) in [7, 11) is 0. The van der Waals surface area contributed by atoms with Gasteiger partial charge in [0.1, 0.15) is 0 Å². The van der Waals surface area contributed by atoms with Crippen LogP contribution >= 0.6 is 23.2 Å². The molecule has 1 saturated heterocycles. The summed E-state index contributed by atoms with van der Waals surface area (Å²) in [5.74, 6) is -0.565. The van der Waals surface area contributed by atoms with Gasteiger partial charge in [-0.05, 0) is 12.5 Å². The Bertz CT molecular complexity index is 389. The van der Waals surface area contributed by atoms with Crippen LogP contribution in [-0.4, -0.2) is 15.9 Å². The Balaban J connectivity index is 2.17. The minimum Gasteiger partial charge on any atom is -0.453 e. The molecule has 1 atom stereocenters. The van der Waals surface area contributed by atoms with Gasteiger partial charge in [0.2, 0.25) is 0 Å². The molecule has 0 radical (unpaired) electrons. The minimum absolute atomic E-state index is 0.520. The molecule has 0 bridgehead atoms. The van der Waals surface area contributed by atoms with E-state index in [9.17, 15) is 4.79 Å². The maximum atomic E-state index is 11.1. The Hall–Kier alpha value is -0.730. The number of benzene rings is 1. The highest BCUT2D eigenvalue weighted by Gasteiger charge is 2.65. The van der Waals surface area contributed by atoms with E-state index in [0.717, 1.165) is 5.56 Å². The first-order valence-electron chi connectivity index (χ1n) is 4.61. The van der Waals surface area contributed by atoms with Crippen LogP contribution in [0.15, 0.2) is 30.3 Å². The Morgan fingerprint density at radius 2 is 1.87 bits per heavy atom. The molecule has 4 heteroatoms. The topological polar surface area (TPSA) is 26.3 Å². The number of carbonyl (C=O) groups excluding carboxylic acids is 1. The van der Waals surface area contributed by atoms with Crippen molar-refractivity contribution in [2.45, 2.75) is 23.3 Å². The number of esters is 1. The van der Waals surface area contributed by atoms with Crippen LogP contribution in [0.1, 0.15) is 12.5 Å². The molecule has 1 aromatic rings. The van der Waals surface area contributed by atoms with Gasteiger partial charge in [0, 0.05) is 6.42 Å². The predicted molar refractivity (Wildman–Crippen MR) is 59.1 cm³/mol. The van der Waals surface area contributed by atoms with Crippen molar-refractivity contribution in [3.63, 3.8) is 0 Å². The maximum absolute atomic E-state index is 11.1. The second kappa shape index (κ2) is 3.39. The Morgan fingerprint density at radius 1 is 1.27 bits per heavy atom. The molecule has 80 valence electrons. The minimum atomic E-state index is -1.43. The zero-order chi connectivity index (χ0) is 11.1. The first kappa shape index (κ1) is 10.8. The van der Waals surface area contributed by atoms with E-state index in [2.05, 4.69) is 0 Å². The number of carbonyl (C=O) groups is 1. The summed E-state index contributed by atoms with van der Waals surface area (Å²) in [6, 6.07) is 9.66. The lowest BCUT2D eigenvalue weighted by Crippen LogP contribution is -2.65. The molecule has 1 aromatic carbocycles. The van der Waals surface area contributed by atoms with E-state index < -0.39 is 15.9 Å². The summed E-state index contributed by atoms with van der Waals surface area (Å²) in [6.07, 6.45) is 0.520. The average Bonchev–Trinajstić information content (AvgIpc) is 2.19. The van der Waals surface area contributed by atoms with E-state index in [1.807, 2.05) is 30.3 Å². The van der Waals surface area contributed by atoms with Gasteiger partial charge in [-0.15, -0.1) is 0 Å². The Morgan fingerprint density at radius 3 is 2.33 bits per heavy atom. The number of ether oxygens (including phenoxy) is 1. The summed E-state index contributed by atoms with van der Waals surface area (Å²) in [4.78, 5) is 11.1. The van der Waals surface area contributed by atoms with E-state index in [1.54, 1.807) is 6.92 Å². The number of cyclic esters (lactones) is 1. The van der Waals surface area contributed by atoms with Gasteiger partial charge in [0.05, 0.1) is 0 Å². The number of hydrogen-bond donors (Lipinski definition) is 0. The van der Waals surface area contributed by atoms with Crippen LogP contribution in [0.5, 0.6) is 0 Å². The van der Waals surface area contributed by atoms with Crippen molar-refractivity contribution in [2.24, 2.45) is 0 Å². The molecule has 0 amide bonds. The van der Waals surface area contributed by atoms with Gasteiger partial charge in [-0.2, -0.15) is 0 Å². The number of rotatable bonds is 2. The van der Waals surface area contributed by atoms with Crippen molar-refractivity contribution in [1.29, 1.82) is 0 Å². The molecule has 1 aliphatic heterocycles. The van der Waals surface area contributed by atoms with Crippen LogP contribution in [-0.2, 0) is 16.0 Å². The molecular weight excluding hydrogens is 235 g/mol. The van der Waals surface area contributed by atoms with E-state index in [4.69, 9.17) is 27.9 Å². The predicted octanol–water partition coefficient (Wildman–Crippen LogP) is 2.72. The lowest BCUT2D eigenvalue weighted by atomic mass is 9.88. The molecule has 1 aliphatic rings. The fourth-order valence-corrected chi connectivity index (χ4v) is 1.92. The lowest BCUT2D eigenvalue weighted by Gasteiger charge is -2.47. The fourth-order valence-electron chi connectivity index (χ4n) is 1.63. The molecule has 1 fully saturated rings. The van der Waals surface area contributed by atoms with Crippen LogP contribution in [0.3, 0.4) is 0 Å². The summed E-state index contributed by atoms with van der Waals surface area (Å²) < 4.78 is 3.62. The van der Waals surface area contributed by atoms with Crippen molar-refractivity contribution in [2.75, 3.05) is 0 Å². The fraction of sp³-hybridized carbons (Fsp3) is 0.364. The average molecular weight is 245 g/mol. The Labute approximate surface area is 98.1 Å². The highest BCUT2D eigenvalue weighted by Crippen LogP contribution is 2.48. The van der Waals surface area contributed by atoms with E-state index in [1.165, 1.54) is 0 Å².